The van der Waals surface area contributed by atoms with E-state index in [-0.39, 0.29) is 0 Å². The molecule has 1 heterocycles. The number of hydrogen-bond acceptors (Lipinski definition) is 3. The van der Waals surface area contributed by atoms with Crippen LogP contribution in [0.2, 0.25) is 0 Å². The van der Waals surface area contributed by atoms with E-state index >= 15 is 0 Å². The predicted molar refractivity (Wildman–Crippen MR) is 99.3 cm³/mol. The van der Waals surface area contributed by atoms with Gasteiger partial charge in [0, 0.05) is 39.3 Å². The monoisotopic (exact) mass is 336 g/mol. The van der Waals surface area contributed by atoms with Crippen molar-refractivity contribution in [2.24, 2.45) is 10.9 Å². The van der Waals surface area contributed by atoms with Gasteiger partial charge in [0.25, 0.3) is 0 Å². The van der Waals surface area contributed by atoms with Crippen LogP contribution in [0.5, 0.6) is 0 Å². The summed E-state index contributed by atoms with van der Waals surface area (Å²) in [4.78, 5) is 6.98. The Kier molecular flexibility index (Phi) is 6.39. The fourth-order valence-corrected chi connectivity index (χ4v) is 4.70. The molecular weight excluding hydrogens is 300 g/mol. The van der Waals surface area contributed by atoms with Crippen molar-refractivity contribution in [2.45, 2.75) is 75.9 Å². The van der Waals surface area contributed by atoms with Gasteiger partial charge in [0.15, 0.2) is 5.96 Å². The molecule has 0 bridgehead atoms. The van der Waals surface area contributed by atoms with E-state index in [2.05, 4.69) is 20.5 Å². The first-order valence-corrected chi connectivity index (χ1v) is 10.1. The van der Waals surface area contributed by atoms with Gasteiger partial charge in [0.05, 0.1) is 5.60 Å². The minimum absolute atomic E-state index is 0.485. The Morgan fingerprint density at radius 2 is 1.88 bits per heavy atom. The zero-order chi connectivity index (χ0) is 16.8. The molecule has 1 unspecified atom stereocenters. The van der Waals surface area contributed by atoms with Crippen LogP contribution in [0, 0.1) is 5.92 Å². The number of nitrogens with zero attached hydrogens (tertiary/aromatic N) is 2. The van der Waals surface area contributed by atoms with Gasteiger partial charge in [0.2, 0.25) is 0 Å². The van der Waals surface area contributed by atoms with Crippen LogP contribution in [-0.4, -0.2) is 60.8 Å². The molecule has 3 rings (SSSR count). The number of nitrogens with one attached hydrogen (secondary N) is 2. The first-order chi connectivity index (χ1) is 11.7. The number of aliphatic hydroxyl groups is 1. The fraction of sp³-hybridized carbons (Fsp3) is 0.947. The van der Waals surface area contributed by atoms with Crippen LogP contribution in [-0.2, 0) is 0 Å². The summed E-state index contributed by atoms with van der Waals surface area (Å²) in [6.45, 7) is 4.23. The van der Waals surface area contributed by atoms with E-state index < -0.39 is 5.60 Å². The lowest BCUT2D eigenvalue weighted by Gasteiger charge is -2.33. The van der Waals surface area contributed by atoms with E-state index in [9.17, 15) is 5.11 Å². The van der Waals surface area contributed by atoms with Gasteiger partial charge < -0.3 is 20.6 Å². The van der Waals surface area contributed by atoms with Gasteiger partial charge in [-0.2, -0.15) is 0 Å². The van der Waals surface area contributed by atoms with Gasteiger partial charge >= 0.3 is 0 Å². The molecule has 3 fully saturated rings. The molecule has 0 aromatic heterocycles. The van der Waals surface area contributed by atoms with Gasteiger partial charge in [-0.15, -0.1) is 0 Å². The van der Waals surface area contributed by atoms with Crippen LogP contribution >= 0.6 is 0 Å². The van der Waals surface area contributed by atoms with Crippen molar-refractivity contribution < 1.29 is 5.11 Å². The third-order valence-corrected chi connectivity index (χ3v) is 6.20. The highest BCUT2D eigenvalue weighted by Gasteiger charge is 2.30. The second kappa shape index (κ2) is 8.52. The molecule has 0 aromatic carbocycles. The molecule has 0 spiro atoms. The second-order valence-corrected chi connectivity index (χ2v) is 8.25. The van der Waals surface area contributed by atoms with Crippen LogP contribution < -0.4 is 10.6 Å². The molecule has 1 atom stereocenters. The number of likely N-dealkylation sites (tertiary alicyclic amines) is 1. The minimum Gasteiger partial charge on any atom is -0.388 e. The first-order valence-electron chi connectivity index (χ1n) is 10.1. The van der Waals surface area contributed by atoms with Crippen LogP contribution in [0.1, 0.15) is 64.2 Å². The number of aliphatic imine (C=N–C) groups is 1. The smallest absolute Gasteiger partial charge is 0.191 e. The molecule has 3 aliphatic rings. The van der Waals surface area contributed by atoms with E-state index in [1.54, 1.807) is 0 Å². The Morgan fingerprint density at radius 1 is 1.12 bits per heavy atom. The highest BCUT2D eigenvalue weighted by atomic mass is 16.3. The summed E-state index contributed by atoms with van der Waals surface area (Å²) >= 11 is 0. The zero-order valence-electron chi connectivity index (χ0n) is 15.4. The van der Waals surface area contributed by atoms with Crippen molar-refractivity contribution in [3.05, 3.63) is 0 Å². The lowest BCUT2D eigenvalue weighted by molar-refractivity contribution is 0.00856. The molecule has 0 amide bonds. The molecule has 0 aromatic rings. The van der Waals surface area contributed by atoms with Gasteiger partial charge in [-0.1, -0.05) is 32.1 Å². The molecule has 1 saturated heterocycles. The van der Waals surface area contributed by atoms with Gasteiger partial charge in [0.1, 0.15) is 0 Å². The average Bonchev–Trinajstić information content (AvgIpc) is 3.25. The SMILES string of the molecule is CN=C(NCC1(O)CCCCC1)NC1CCN(CC2CCCC2)C1. The molecule has 138 valence electrons. The first kappa shape index (κ1) is 18.0. The molecule has 5 nitrogen and oxygen atoms in total. The fourth-order valence-electron chi connectivity index (χ4n) is 4.70. The lowest BCUT2D eigenvalue weighted by Crippen LogP contribution is -2.50. The normalized spacial score (nSPS) is 29.1. The summed E-state index contributed by atoms with van der Waals surface area (Å²) in [7, 11) is 1.82. The largest absolute Gasteiger partial charge is 0.388 e. The number of rotatable bonds is 5. The zero-order valence-corrected chi connectivity index (χ0v) is 15.4. The second-order valence-electron chi connectivity index (χ2n) is 8.25. The molecule has 2 saturated carbocycles. The van der Waals surface area contributed by atoms with E-state index in [0.717, 1.165) is 44.1 Å². The summed E-state index contributed by atoms with van der Waals surface area (Å²) < 4.78 is 0. The Hall–Kier alpha value is -0.810. The van der Waals surface area contributed by atoms with Crippen LogP contribution in [0.4, 0.5) is 0 Å². The van der Waals surface area contributed by atoms with Gasteiger partial charge in [-0.3, -0.25) is 4.99 Å². The van der Waals surface area contributed by atoms with Crippen molar-refractivity contribution in [1.82, 2.24) is 15.5 Å². The van der Waals surface area contributed by atoms with E-state index in [1.165, 1.54) is 51.6 Å². The van der Waals surface area contributed by atoms with Crippen molar-refractivity contribution in [2.75, 3.05) is 33.2 Å². The van der Waals surface area contributed by atoms with Crippen LogP contribution in [0.15, 0.2) is 4.99 Å². The maximum absolute atomic E-state index is 10.6. The van der Waals surface area contributed by atoms with E-state index in [4.69, 9.17) is 0 Å². The maximum Gasteiger partial charge on any atom is 0.191 e. The predicted octanol–water partition coefficient (Wildman–Crippen LogP) is 2.11. The number of hydrogen-bond donors (Lipinski definition) is 3. The number of guanidine groups is 1. The highest BCUT2D eigenvalue weighted by Crippen LogP contribution is 2.28. The average molecular weight is 337 g/mol. The van der Waals surface area contributed by atoms with Crippen LogP contribution in [0.3, 0.4) is 0 Å². The third-order valence-electron chi connectivity index (χ3n) is 6.20. The topological polar surface area (TPSA) is 59.9 Å². The Balaban J connectivity index is 1.39. The Bertz CT molecular complexity index is 414. The molecule has 24 heavy (non-hydrogen) atoms. The van der Waals surface area contributed by atoms with E-state index in [0.29, 0.717) is 12.6 Å². The molecule has 1 aliphatic heterocycles. The summed E-state index contributed by atoms with van der Waals surface area (Å²) in [5, 5.41) is 17.6. The molecule has 0 radical (unpaired) electrons. The molecule has 2 aliphatic carbocycles. The summed E-state index contributed by atoms with van der Waals surface area (Å²) in [6, 6.07) is 0.485. The van der Waals surface area contributed by atoms with Gasteiger partial charge in [-0.25, -0.2) is 0 Å². The summed E-state index contributed by atoms with van der Waals surface area (Å²) in [6.07, 6.45) is 12.3. The Morgan fingerprint density at radius 3 is 2.58 bits per heavy atom. The van der Waals surface area contributed by atoms with Crippen molar-refractivity contribution in [3.63, 3.8) is 0 Å². The molecule has 5 heteroatoms. The van der Waals surface area contributed by atoms with Crippen molar-refractivity contribution in [3.8, 4) is 0 Å². The van der Waals surface area contributed by atoms with Crippen LogP contribution in [0.25, 0.3) is 0 Å². The summed E-state index contributed by atoms with van der Waals surface area (Å²) in [5.74, 6) is 1.78. The molecule has 3 N–H and O–H groups in total. The molecular formula is C19H36N4O. The minimum atomic E-state index is -0.542. The standard InChI is InChI=1S/C19H36N4O/c1-20-18(21-15-19(24)10-5-2-6-11-19)22-17-9-12-23(14-17)13-16-7-3-4-8-16/h16-17,24H,2-15H2,1H3,(H2,20,21,22). The lowest BCUT2D eigenvalue weighted by atomic mass is 9.85. The maximum atomic E-state index is 10.6. The highest BCUT2D eigenvalue weighted by molar-refractivity contribution is 5.80. The quantitative estimate of drug-likeness (QED) is 0.532. The van der Waals surface area contributed by atoms with Crippen molar-refractivity contribution >= 4 is 5.96 Å². The third kappa shape index (κ3) is 5.09. The van der Waals surface area contributed by atoms with Crippen molar-refractivity contribution in [1.29, 1.82) is 0 Å². The van der Waals surface area contributed by atoms with Gasteiger partial charge in [-0.05, 0) is 38.0 Å². The summed E-state index contributed by atoms with van der Waals surface area (Å²) in [5.41, 5.74) is -0.542. The Labute approximate surface area is 147 Å². The van der Waals surface area contributed by atoms with E-state index in [1.807, 2.05) is 7.05 Å².